The van der Waals surface area contributed by atoms with Crippen molar-refractivity contribution in [3.63, 3.8) is 0 Å². The number of rotatable bonds is 10. The van der Waals surface area contributed by atoms with Crippen molar-refractivity contribution in [2.75, 3.05) is 40.5 Å². The maximum Gasteiger partial charge on any atom is 0.407 e. The van der Waals surface area contributed by atoms with E-state index in [2.05, 4.69) is 54.8 Å². The van der Waals surface area contributed by atoms with Gasteiger partial charge in [-0.3, -0.25) is 9.59 Å². The van der Waals surface area contributed by atoms with E-state index in [1.54, 1.807) is 29.1 Å². The molecule has 3 aliphatic rings. The molecule has 16 nitrogen and oxygen atoms in total. The predicted molar refractivity (Wildman–Crippen MR) is 208 cm³/mol. The van der Waals surface area contributed by atoms with E-state index < -0.39 is 36.1 Å². The number of H-pyrrole nitrogens is 2. The smallest absolute Gasteiger partial charge is 0.407 e. The zero-order valence-corrected chi connectivity index (χ0v) is 32.9. The Hall–Kier alpha value is -5.74. The number of amides is 4. The molecule has 0 aliphatic carbocycles. The molecule has 4 N–H and O–H groups in total. The zero-order chi connectivity index (χ0) is 40.3. The van der Waals surface area contributed by atoms with Gasteiger partial charge < -0.3 is 49.3 Å². The minimum atomic E-state index is -0.937. The number of nitrogens with zero attached hydrogens (tertiary/aromatic N) is 4. The van der Waals surface area contributed by atoms with Crippen molar-refractivity contribution in [3.05, 3.63) is 72.6 Å². The van der Waals surface area contributed by atoms with Gasteiger partial charge in [0.25, 0.3) is 0 Å². The van der Waals surface area contributed by atoms with Crippen LogP contribution in [0.25, 0.3) is 33.6 Å². The van der Waals surface area contributed by atoms with Gasteiger partial charge in [-0.15, -0.1) is 0 Å². The number of hydrogen-bond acceptors (Lipinski definition) is 10. The molecule has 5 heterocycles. The molecule has 4 amide bonds. The number of ether oxygens (including phenoxy) is 4. The first-order chi connectivity index (χ1) is 27.5. The summed E-state index contributed by atoms with van der Waals surface area (Å²) in [6.45, 7) is 7.28. The molecule has 2 aromatic carbocycles. The van der Waals surface area contributed by atoms with Crippen molar-refractivity contribution in [1.29, 1.82) is 0 Å². The molecule has 7 rings (SSSR count). The summed E-state index contributed by atoms with van der Waals surface area (Å²) in [5.41, 5.74) is 5.60. The van der Waals surface area contributed by atoms with Gasteiger partial charge in [0, 0.05) is 13.0 Å². The highest BCUT2D eigenvalue weighted by molar-refractivity contribution is 5.87. The Morgan fingerprint density at radius 1 is 0.737 bits per heavy atom. The highest BCUT2D eigenvalue weighted by Crippen LogP contribution is 2.42. The fourth-order valence-electron chi connectivity index (χ4n) is 7.87. The number of carbonyl (C=O) groups excluding carboxylic acids is 4. The van der Waals surface area contributed by atoms with Gasteiger partial charge in [-0.2, -0.15) is 0 Å². The molecule has 3 saturated heterocycles. The lowest BCUT2D eigenvalue weighted by atomic mass is 10.0. The van der Waals surface area contributed by atoms with E-state index in [1.807, 2.05) is 38.1 Å². The number of benzene rings is 2. The van der Waals surface area contributed by atoms with Crippen molar-refractivity contribution >= 4 is 24.0 Å². The third-order valence-corrected chi connectivity index (χ3v) is 11.0. The second-order valence-corrected chi connectivity index (χ2v) is 15.1. The van der Waals surface area contributed by atoms with Crippen molar-refractivity contribution in [2.24, 2.45) is 5.92 Å². The number of methoxy groups -OCH3 is 2. The van der Waals surface area contributed by atoms with Gasteiger partial charge >= 0.3 is 12.2 Å². The predicted octanol–water partition coefficient (Wildman–Crippen LogP) is 5.33. The Morgan fingerprint density at radius 3 is 1.81 bits per heavy atom. The zero-order valence-electron chi connectivity index (χ0n) is 32.9. The number of carbonyl (C=O) groups is 4. The number of alkyl carbamates (subject to hydrolysis) is 2. The van der Waals surface area contributed by atoms with Crippen LogP contribution in [0.2, 0.25) is 0 Å². The van der Waals surface area contributed by atoms with E-state index in [-0.39, 0.29) is 30.3 Å². The van der Waals surface area contributed by atoms with Crippen LogP contribution in [0.3, 0.4) is 0 Å². The number of hydrogen-bond donors (Lipinski definition) is 4. The summed E-state index contributed by atoms with van der Waals surface area (Å²) < 4.78 is 21.6. The number of aromatic amines is 2. The number of aromatic nitrogens is 4. The molecule has 4 aromatic rings. The number of imidazole rings is 2. The van der Waals surface area contributed by atoms with Crippen molar-refractivity contribution < 1.29 is 38.1 Å². The van der Waals surface area contributed by atoms with Crippen molar-refractivity contribution in [2.45, 2.75) is 76.4 Å². The van der Waals surface area contributed by atoms with E-state index in [9.17, 15) is 19.2 Å². The molecule has 16 heteroatoms. The van der Waals surface area contributed by atoms with Crippen LogP contribution in [0.4, 0.5) is 9.59 Å². The van der Waals surface area contributed by atoms with E-state index in [4.69, 9.17) is 18.9 Å². The van der Waals surface area contributed by atoms with Gasteiger partial charge in [0.2, 0.25) is 11.8 Å². The Bertz CT molecular complexity index is 2060. The van der Waals surface area contributed by atoms with E-state index in [0.29, 0.717) is 37.8 Å². The van der Waals surface area contributed by atoms with Gasteiger partial charge in [-0.05, 0) is 54.4 Å². The van der Waals surface area contributed by atoms with Crippen molar-refractivity contribution in [1.82, 2.24) is 40.4 Å². The summed E-state index contributed by atoms with van der Waals surface area (Å²) in [5.74, 6) is -0.175. The van der Waals surface area contributed by atoms with Gasteiger partial charge in [-0.25, -0.2) is 19.6 Å². The molecular formula is C41H50N8O8. The monoisotopic (exact) mass is 782 g/mol. The van der Waals surface area contributed by atoms with E-state index in [0.717, 1.165) is 52.9 Å². The molecule has 0 unspecified atom stereocenters. The standard InChI is InChI=1S/C41H50N8O8/c1-24(2)34(47-40(53)55-5)38(51)48-17-6-8-32(48)35-42-21-30(45-35)28-13-9-26(10-14-28)27-11-15-29(16-12-27)31-22-43-36(46-31)33-20-41(56-18-7-19-57-41)23-49(33)37(50)25(3)44-39(52)54-4/h9-16,21-22,24-25,32-34H,6-8,17-20,23H2,1-5H3,(H,42,45)(H,43,46)(H,44,52)(H,47,53)/t25-,32-,33-,34-/m0/s1. The molecule has 2 aromatic heterocycles. The lowest BCUT2D eigenvalue weighted by molar-refractivity contribution is -0.257. The SMILES string of the molecule is COC(=O)N[C@@H](C)C(=O)N1CC2(C[C@H]1c1ncc(-c3ccc(-c4ccc(-c5cnc([C@@H]6CCCN6C(=O)[C@@H](NC(=O)OC)C(C)C)[nH]5)cc4)cc3)[nH]1)OCCCO2. The van der Waals surface area contributed by atoms with E-state index >= 15 is 0 Å². The molecular weight excluding hydrogens is 732 g/mol. The number of likely N-dealkylation sites (tertiary alicyclic amines) is 2. The normalized spacial score (nSPS) is 20.0. The van der Waals surface area contributed by atoms with Crippen LogP contribution < -0.4 is 10.6 Å². The molecule has 0 saturated carbocycles. The van der Waals surface area contributed by atoms with Crippen LogP contribution in [-0.2, 0) is 28.5 Å². The van der Waals surface area contributed by atoms with Crippen molar-refractivity contribution in [3.8, 4) is 33.6 Å². The van der Waals surface area contributed by atoms with Crippen LogP contribution in [0.1, 0.15) is 70.2 Å². The first-order valence-electron chi connectivity index (χ1n) is 19.4. The quantitative estimate of drug-likeness (QED) is 0.164. The highest BCUT2D eigenvalue weighted by Gasteiger charge is 2.51. The maximum absolute atomic E-state index is 13.6. The average Bonchev–Trinajstić information content (AvgIpc) is 4.06. The Balaban J connectivity index is 1.02. The van der Waals surface area contributed by atoms with Crippen LogP contribution in [0.5, 0.6) is 0 Å². The van der Waals surface area contributed by atoms with Gasteiger partial charge in [0.1, 0.15) is 23.7 Å². The molecule has 1 spiro atoms. The topological polar surface area (TPSA) is 193 Å². The minimum Gasteiger partial charge on any atom is -0.453 e. The van der Waals surface area contributed by atoms with Gasteiger partial charge in [-0.1, -0.05) is 62.4 Å². The molecule has 3 fully saturated rings. The lowest BCUT2D eigenvalue weighted by Crippen LogP contribution is -2.51. The molecule has 302 valence electrons. The first-order valence-corrected chi connectivity index (χ1v) is 19.4. The second-order valence-electron chi connectivity index (χ2n) is 15.1. The Kier molecular flexibility index (Phi) is 11.6. The Morgan fingerprint density at radius 2 is 1.26 bits per heavy atom. The maximum atomic E-state index is 13.6. The minimum absolute atomic E-state index is 0.112. The second kappa shape index (κ2) is 16.8. The summed E-state index contributed by atoms with van der Waals surface area (Å²) in [6.07, 6.45) is 5.03. The third-order valence-electron chi connectivity index (χ3n) is 11.0. The summed E-state index contributed by atoms with van der Waals surface area (Å²) >= 11 is 0. The third kappa shape index (κ3) is 8.37. The van der Waals surface area contributed by atoms with Crippen LogP contribution in [0, 0.1) is 5.92 Å². The fourth-order valence-corrected chi connectivity index (χ4v) is 7.87. The molecule has 0 radical (unpaired) electrons. The summed E-state index contributed by atoms with van der Waals surface area (Å²) in [4.78, 5) is 70.6. The largest absolute Gasteiger partial charge is 0.453 e. The van der Waals surface area contributed by atoms with Crippen LogP contribution in [-0.4, -0.2) is 112 Å². The lowest BCUT2D eigenvalue weighted by Gasteiger charge is -2.33. The number of nitrogens with one attached hydrogen (secondary N) is 4. The molecule has 57 heavy (non-hydrogen) atoms. The van der Waals surface area contributed by atoms with Crippen LogP contribution >= 0.6 is 0 Å². The summed E-state index contributed by atoms with van der Waals surface area (Å²) in [5, 5.41) is 5.26. The van der Waals surface area contributed by atoms with E-state index in [1.165, 1.54) is 14.2 Å². The van der Waals surface area contributed by atoms with Crippen LogP contribution in [0.15, 0.2) is 60.9 Å². The summed E-state index contributed by atoms with van der Waals surface area (Å²) in [6, 6.07) is 14.1. The van der Waals surface area contributed by atoms with Gasteiger partial charge in [0.15, 0.2) is 5.79 Å². The molecule has 3 aliphatic heterocycles. The summed E-state index contributed by atoms with van der Waals surface area (Å²) in [7, 11) is 2.54. The molecule has 4 atom stereocenters. The highest BCUT2D eigenvalue weighted by atomic mass is 16.7. The average molecular weight is 783 g/mol. The Labute approximate surface area is 331 Å². The first kappa shape index (κ1) is 39.5. The van der Waals surface area contributed by atoms with Gasteiger partial charge in [0.05, 0.1) is 69.8 Å². The molecule has 0 bridgehead atoms. The fraction of sp³-hybridized carbons (Fsp3) is 0.463.